The van der Waals surface area contributed by atoms with Crippen LogP contribution in [0.2, 0.25) is 0 Å². The maximum atomic E-state index is 13.9. The highest BCUT2D eigenvalue weighted by atomic mass is 19.5. The third-order valence-electron chi connectivity index (χ3n) is 4.01. The van der Waals surface area contributed by atoms with Crippen molar-refractivity contribution in [3.8, 4) is 5.69 Å². The van der Waals surface area contributed by atoms with E-state index >= 15 is 0 Å². The average molecular weight is 419 g/mol. The number of rotatable bonds is 3. The second kappa shape index (κ2) is 8.04. The molecule has 13 heteroatoms. The predicted molar refractivity (Wildman–Crippen MR) is 80.5 cm³/mol. The fourth-order valence-electron chi connectivity index (χ4n) is 2.98. The number of aryl methyl sites for hydroxylation is 1. The van der Waals surface area contributed by atoms with E-state index in [0.717, 1.165) is 17.5 Å². The van der Waals surface area contributed by atoms with Gasteiger partial charge in [-0.2, -0.15) is 8.78 Å². The summed E-state index contributed by atoms with van der Waals surface area (Å²) >= 11 is 0. The van der Waals surface area contributed by atoms with Gasteiger partial charge in [0.15, 0.2) is 0 Å². The highest BCUT2D eigenvalue weighted by Gasteiger charge is 2.36. The molecule has 0 unspecified atom stereocenters. The molecular formula is C15H15BF9N3. The van der Waals surface area contributed by atoms with Gasteiger partial charge in [-0.1, -0.05) is 18.5 Å². The summed E-state index contributed by atoms with van der Waals surface area (Å²) in [6, 6.07) is 0.111. The molecule has 0 spiro atoms. The van der Waals surface area contributed by atoms with Crippen LogP contribution in [0.1, 0.15) is 38.6 Å². The van der Waals surface area contributed by atoms with Crippen LogP contribution in [0.4, 0.5) is 39.2 Å². The van der Waals surface area contributed by atoms with Gasteiger partial charge in [-0.3, -0.25) is 0 Å². The molecule has 3 rings (SSSR count). The summed E-state index contributed by atoms with van der Waals surface area (Å²) in [5.41, 5.74) is -1.05. The molecule has 0 bridgehead atoms. The third kappa shape index (κ3) is 4.79. The molecule has 0 fully saturated rings. The van der Waals surface area contributed by atoms with E-state index in [1.165, 1.54) is 6.33 Å². The van der Waals surface area contributed by atoms with Crippen LogP contribution in [0.3, 0.4) is 0 Å². The van der Waals surface area contributed by atoms with E-state index in [-0.39, 0.29) is 6.04 Å². The first-order valence-electron chi connectivity index (χ1n) is 8.20. The van der Waals surface area contributed by atoms with E-state index in [1.54, 1.807) is 4.57 Å². The summed E-state index contributed by atoms with van der Waals surface area (Å²) in [4.78, 5) is 0. The van der Waals surface area contributed by atoms with Gasteiger partial charge in [0.05, 0.1) is 6.04 Å². The molecule has 3 nitrogen and oxygen atoms in total. The van der Waals surface area contributed by atoms with Crippen molar-refractivity contribution < 1.29 is 43.8 Å². The summed E-state index contributed by atoms with van der Waals surface area (Å²) in [7, 11) is -6.00. The van der Waals surface area contributed by atoms with Gasteiger partial charge in [0.1, 0.15) is 0 Å². The molecule has 156 valence electrons. The normalized spacial score (nSPS) is 16.2. The van der Waals surface area contributed by atoms with Crippen molar-refractivity contribution in [2.45, 2.75) is 39.2 Å². The fourth-order valence-corrected chi connectivity index (χ4v) is 2.98. The molecule has 0 saturated carbocycles. The van der Waals surface area contributed by atoms with E-state index in [0.29, 0.717) is 18.2 Å². The Labute approximate surface area is 153 Å². The van der Waals surface area contributed by atoms with Crippen LogP contribution in [0, 0.1) is 35.0 Å². The van der Waals surface area contributed by atoms with Crippen LogP contribution < -0.4 is 4.57 Å². The minimum absolute atomic E-state index is 0.111. The van der Waals surface area contributed by atoms with Crippen molar-refractivity contribution in [2.75, 3.05) is 0 Å². The smallest absolute Gasteiger partial charge is 0.418 e. The number of hydrogen-bond donors (Lipinski definition) is 0. The van der Waals surface area contributed by atoms with Crippen LogP contribution >= 0.6 is 0 Å². The highest BCUT2D eigenvalue weighted by Crippen LogP contribution is 2.27. The topological polar surface area (TPSA) is 21.7 Å². The van der Waals surface area contributed by atoms with Crippen molar-refractivity contribution in [3.05, 3.63) is 41.2 Å². The van der Waals surface area contributed by atoms with E-state index in [1.807, 2.05) is 13.8 Å². The molecule has 1 aliphatic rings. The predicted octanol–water partition coefficient (Wildman–Crippen LogP) is 4.69. The SMILES string of the molecule is CC(C)C[C@H]1CCc2nn(-c3c(F)c(F)c(F)c(F)c3F)c[n+]21.F[B-](F)(F)F. The van der Waals surface area contributed by atoms with Crippen molar-refractivity contribution in [1.82, 2.24) is 9.78 Å². The van der Waals surface area contributed by atoms with Crippen molar-refractivity contribution in [2.24, 2.45) is 5.92 Å². The Bertz CT molecular complexity index is 828. The summed E-state index contributed by atoms with van der Waals surface area (Å²) in [6.45, 7) is 4.10. The Hall–Kier alpha value is -2.21. The zero-order valence-electron chi connectivity index (χ0n) is 14.7. The van der Waals surface area contributed by atoms with Crippen LogP contribution in [0.25, 0.3) is 5.69 Å². The monoisotopic (exact) mass is 419 g/mol. The van der Waals surface area contributed by atoms with E-state index in [4.69, 9.17) is 0 Å². The molecule has 2 aromatic rings. The molecule has 1 aliphatic heterocycles. The molecule has 0 aliphatic carbocycles. The van der Waals surface area contributed by atoms with E-state index in [9.17, 15) is 39.2 Å². The Morgan fingerprint density at radius 2 is 1.46 bits per heavy atom. The summed E-state index contributed by atoms with van der Waals surface area (Å²) in [5.74, 6) is -8.91. The quantitative estimate of drug-likeness (QED) is 0.233. The van der Waals surface area contributed by atoms with Gasteiger partial charge in [-0.05, 0) is 18.8 Å². The molecule has 1 aromatic carbocycles. The van der Waals surface area contributed by atoms with Crippen molar-refractivity contribution >= 4 is 7.25 Å². The molecule has 28 heavy (non-hydrogen) atoms. The number of fused-ring (bicyclic) bond motifs is 1. The van der Waals surface area contributed by atoms with Gasteiger partial charge >= 0.3 is 7.25 Å². The molecule has 2 heterocycles. The Morgan fingerprint density at radius 1 is 1.00 bits per heavy atom. The lowest BCUT2D eigenvalue weighted by atomic mass is 10.0. The zero-order chi connectivity index (χ0) is 21.4. The number of hydrogen-bond acceptors (Lipinski definition) is 1. The molecule has 0 amide bonds. The number of aromatic nitrogens is 3. The van der Waals surface area contributed by atoms with Gasteiger partial charge in [0.25, 0.3) is 5.82 Å². The zero-order valence-corrected chi connectivity index (χ0v) is 14.7. The molecule has 0 saturated heterocycles. The largest absolute Gasteiger partial charge is 0.673 e. The Morgan fingerprint density at radius 3 is 1.93 bits per heavy atom. The number of halogens is 9. The first-order valence-corrected chi connectivity index (χ1v) is 8.20. The number of nitrogens with zero attached hydrogens (tertiary/aromatic N) is 3. The standard InChI is InChI=1S/C15H15F5N3.BF4/c1-7(2)5-8-3-4-9-21-23(6-22(8)9)15-13(19)11(17)10(16)12(18)14(15)20;2-1(3,4)5/h6-8H,3-5H2,1-2H3;/q+1;-1/t8-;/m1./s1. The Kier molecular flexibility index (Phi) is 6.34. The lowest BCUT2D eigenvalue weighted by molar-refractivity contribution is -0.718. The third-order valence-corrected chi connectivity index (χ3v) is 4.01. The molecule has 1 atom stereocenters. The lowest BCUT2D eigenvalue weighted by Gasteiger charge is -2.11. The van der Waals surface area contributed by atoms with Crippen molar-refractivity contribution in [1.29, 1.82) is 0 Å². The maximum absolute atomic E-state index is 13.9. The summed E-state index contributed by atoms with van der Waals surface area (Å²) in [6.07, 6.45) is 3.59. The van der Waals surface area contributed by atoms with Crippen LogP contribution in [0.5, 0.6) is 0 Å². The van der Waals surface area contributed by atoms with Gasteiger partial charge in [-0.15, -0.1) is 0 Å². The minimum atomic E-state index is -6.00. The highest BCUT2D eigenvalue weighted by molar-refractivity contribution is 6.50. The van der Waals surface area contributed by atoms with Crippen LogP contribution in [-0.2, 0) is 6.42 Å². The number of benzene rings is 1. The lowest BCUT2D eigenvalue weighted by Crippen LogP contribution is -2.36. The molecule has 0 radical (unpaired) electrons. The minimum Gasteiger partial charge on any atom is -0.418 e. The second-order valence-electron chi connectivity index (χ2n) is 6.62. The van der Waals surface area contributed by atoms with Gasteiger partial charge in [0, 0.05) is 11.5 Å². The molecule has 0 N–H and O–H groups in total. The first-order chi connectivity index (χ1) is 12.8. The summed E-state index contributed by atoms with van der Waals surface area (Å²) < 4.78 is 109. The van der Waals surface area contributed by atoms with Crippen molar-refractivity contribution in [3.63, 3.8) is 0 Å². The van der Waals surface area contributed by atoms with Gasteiger partial charge in [0.2, 0.25) is 41.1 Å². The van der Waals surface area contributed by atoms with E-state index < -0.39 is 42.0 Å². The average Bonchev–Trinajstić information content (AvgIpc) is 3.11. The molecular weight excluding hydrogens is 404 g/mol. The maximum Gasteiger partial charge on any atom is 0.673 e. The van der Waals surface area contributed by atoms with Gasteiger partial charge < -0.3 is 17.3 Å². The second-order valence-corrected chi connectivity index (χ2v) is 6.62. The first kappa shape index (κ1) is 22.1. The summed E-state index contributed by atoms with van der Waals surface area (Å²) in [5, 5.41) is 4.00. The molecule has 1 aromatic heterocycles. The van der Waals surface area contributed by atoms with E-state index in [2.05, 4.69) is 5.10 Å². The van der Waals surface area contributed by atoms with Crippen LogP contribution in [-0.4, -0.2) is 17.0 Å². The Balaban J connectivity index is 0.000000500. The fraction of sp³-hybridized carbons (Fsp3) is 0.467. The van der Waals surface area contributed by atoms with Crippen LogP contribution in [0.15, 0.2) is 6.33 Å². The van der Waals surface area contributed by atoms with Gasteiger partial charge in [-0.25, -0.2) is 17.7 Å².